The van der Waals surface area contributed by atoms with Gasteiger partial charge >= 0.3 is 0 Å². The van der Waals surface area contributed by atoms with Crippen molar-refractivity contribution >= 4 is 51.7 Å². The third-order valence-electron chi connectivity index (χ3n) is 4.99. The van der Waals surface area contributed by atoms with E-state index in [1.54, 1.807) is 29.2 Å². The Balaban J connectivity index is 1.55. The monoisotopic (exact) mass is 463 g/mol. The molecule has 2 amide bonds. The molecule has 3 aromatic carbocycles. The number of amidine groups is 1. The smallest absolute Gasteiger partial charge is 0.238 e. The van der Waals surface area contributed by atoms with Crippen molar-refractivity contribution in [2.75, 3.05) is 11.9 Å². The molecule has 7 heteroatoms. The zero-order chi connectivity index (χ0) is 22.3. The van der Waals surface area contributed by atoms with Crippen LogP contribution in [0.1, 0.15) is 12.0 Å². The maximum absolute atomic E-state index is 13.1. The minimum Gasteiger partial charge on any atom is -0.325 e. The summed E-state index contributed by atoms with van der Waals surface area (Å²) in [5.41, 5.74) is 2.52. The zero-order valence-electron chi connectivity index (χ0n) is 17.3. The molecular formula is C25H22ClN3O2S. The Kier molecular flexibility index (Phi) is 7.24. The summed E-state index contributed by atoms with van der Waals surface area (Å²) in [4.78, 5) is 32.3. The summed E-state index contributed by atoms with van der Waals surface area (Å²) in [5, 5.41) is 3.47. The summed E-state index contributed by atoms with van der Waals surface area (Å²) in [6.07, 6.45) is 0.825. The second-order valence-corrected chi connectivity index (χ2v) is 8.92. The normalized spacial score (nSPS) is 17.4. The van der Waals surface area contributed by atoms with E-state index in [1.165, 1.54) is 11.8 Å². The first-order chi connectivity index (χ1) is 15.6. The third-order valence-corrected chi connectivity index (χ3v) is 6.43. The van der Waals surface area contributed by atoms with Gasteiger partial charge in [-0.3, -0.25) is 14.5 Å². The van der Waals surface area contributed by atoms with Crippen LogP contribution in [0.3, 0.4) is 0 Å². The Bertz CT molecular complexity index is 1110. The molecule has 1 unspecified atom stereocenters. The number of anilines is 1. The molecule has 0 aliphatic carbocycles. The predicted octanol–water partition coefficient (Wildman–Crippen LogP) is 5.54. The van der Waals surface area contributed by atoms with Crippen LogP contribution in [-0.2, 0) is 16.0 Å². The number of thioether (sulfide) groups is 1. The fraction of sp³-hybridized carbons (Fsp3) is 0.160. The molecule has 0 bridgehead atoms. The van der Waals surface area contributed by atoms with Crippen LogP contribution in [0.2, 0.25) is 5.02 Å². The zero-order valence-corrected chi connectivity index (χ0v) is 18.9. The average molecular weight is 464 g/mol. The topological polar surface area (TPSA) is 61.8 Å². The number of para-hydroxylation sites is 1. The number of amides is 2. The van der Waals surface area contributed by atoms with E-state index >= 15 is 0 Å². The predicted molar refractivity (Wildman–Crippen MR) is 131 cm³/mol. The highest BCUT2D eigenvalue weighted by Crippen LogP contribution is 2.30. The highest BCUT2D eigenvalue weighted by Gasteiger charge is 2.35. The number of carbonyl (C=O) groups excluding carboxylic acids is 2. The summed E-state index contributed by atoms with van der Waals surface area (Å²) in [6, 6.07) is 26.3. The van der Waals surface area contributed by atoms with Crippen molar-refractivity contribution < 1.29 is 9.59 Å². The lowest BCUT2D eigenvalue weighted by Crippen LogP contribution is -2.46. The van der Waals surface area contributed by atoms with E-state index in [1.807, 2.05) is 60.7 Å². The van der Waals surface area contributed by atoms with Gasteiger partial charge in [-0.1, -0.05) is 71.9 Å². The summed E-state index contributed by atoms with van der Waals surface area (Å²) < 4.78 is 0. The fourth-order valence-corrected chi connectivity index (χ4v) is 4.57. The van der Waals surface area contributed by atoms with Gasteiger partial charge < -0.3 is 5.32 Å². The van der Waals surface area contributed by atoms with E-state index in [9.17, 15) is 9.59 Å². The lowest BCUT2D eigenvalue weighted by molar-refractivity contribution is -0.129. The lowest BCUT2D eigenvalue weighted by Gasteiger charge is -2.32. The quantitative estimate of drug-likeness (QED) is 0.521. The molecule has 1 saturated heterocycles. The summed E-state index contributed by atoms with van der Waals surface area (Å²) in [6.45, 7) is 0.495. The van der Waals surface area contributed by atoms with Crippen LogP contribution in [0.25, 0.3) is 0 Å². The summed E-state index contributed by atoms with van der Waals surface area (Å²) >= 11 is 7.31. The largest absolute Gasteiger partial charge is 0.325 e. The molecule has 32 heavy (non-hydrogen) atoms. The van der Waals surface area contributed by atoms with Gasteiger partial charge in [0.15, 0.2) is 5.17 Å². The third kappa shape index (κ3) is 5.78. The Labute approximate surface area is 196 Å². The average Bonchev–Trinajstić information content (AvgIpc) is 2.81. The molecule has 0 aromatic heterocycles. The van der Waals surface area contributed by atoms with Gasteiger partial charge in [0.25, 0.3) is 0 Å². The van der Waals surface area contributed by atoms with Crippen LogP contribution in [0.4, 0.5) is 11.4 Å². The van der Waals surface area contributed by atoms with Crippen molar-refractivity contribution in [3.63, 3.8) is 0 Å². The molecule has 1 atom stereocenters. The molecule has 1 N–H and O–H groups in total. The van der Waals surface area contributed by atoms with Gasteiger partial charge in [0.1, 0.15) is 5.25 Å². The Hall–Kier alpha value is -3.09. The maximum atomic E-state index is 13.1. The second kappa shape index (κ2) is 10.5. The van der Waals surface area contributed by atoms with Crippen LogP contribution in [-0.4, -0.2) is 33.7 Å². The number of benzene rings is 3. The van der Waals surface area contributed by atoms with Crippen LogP contribution in [0, 0.1) is 0 Å². The van der Waals surface area contributed by atoms with E-state index < -0.39 is 5.25 Å². The molecule has 4 rings (SSSR count). The molecule has 162 valence electrons. The van der Waals surface area contributed by atoms with Crippen LogP contribution >= 0.6 is 23.4 Å². The number of rotatable bonds is 6. The number of nitrogens with zero attached hydrogens (tertiary/aromatic N) is 2. The highest BCUT2D eigenvalue weighted by molar-refractivity contribution is 8.15. The molecule has 1 fully saturated rings. The molecule has 5 nitrogen and oxygen atoms in total. The van der Waals surface area contributed by atoms with Gasteiger partial charge in [-0.15, -0.1) is 0 Å². The van der Waals surface area contributed by atoms with Crippen molar-refractivity contribution in [2.24, 2.45) is 4.99 Å². The van der Waals surface area contributed by atoms with Gasteiger partial charge in [-0.25, -0.2) is 4.99 Å². The molecule has 0 spiro atoms. The Morgan fingerprint density at radius 1 is 1.00 bits per heavy atom. The van der Waals surface area contributed by atoms with Gasteiger partial charge in [0, 0.05) is 23.7 Å². The van der Waals surface area contributed by atoms with E-state index in [0.717, 1.165) is 5.56 Å². The van der Waals surface area contributed by atoms with Crippen molar-refractivity contribution in [1.29, 1.82) is 0 Å². The number of aliphatic imine (C=N–C) groups is 1. The Morgan fingerprint density at radius 2 is 1.66 bits per heavy atom. The van der Waals surface area contributed by atoms with Crippen molar-refractivity contribution in [3.8, 4) is 0 Å². The number of carbonyl (C=O) groups is 2. The molecule has 3 aromatic rings. The number of hydrogen-bond donors (Lipinski definition) is 1. The molecule has 0 radical (unpaired) electrons. The minimum atomic E-state index is -0.554. The first-order valence-corrected chi connectivity index (χ1v) is 11.6. The van der Waals surface area contributed by atoms with Crippen LogP contribution in [0.5, 0.6) is 0 Å². The lowest BCUT2D eigenvalue weighted by atomic mass is 10.1. The minimum absolute atomic E-state index is 0.111. The van der Waals surface area contributed by atoms with Crippen molar-refractivity contribution in [1.82, 2.24) is 4.90 Å². The van der Waals surface area contributed by atoms with Crippen LogP contribution in [0.15, 0.2) is 89.9 Å². The SMILES string of the molecule is O=C(Nc1ccccc1)C1CC(=O)N(CCc2ccccc2)C(=Nc2ccc(Cl)cc2)S1. The first-order valence-electron chi connectivity index (χ1n) is 10.3. The number of nitrogens with one attached hydrogen (secondary N) is 1. The highest BCUT2D eigenvalue weighted by atomic mass is 35.5. The van der Waals surface area contributed by atoms with Crippen molar-refractivity contribution in [2.45, 2.75) is 18.1 Å². The number of hydrogen-bond acceptors (Lipinski definition) is 4. The van der Waals surface area contributed by atoms with Gasteiger partial charge in [-0.05, 0) is 48.4 Å². The molecule has 1 aliphatic heterocycles. The molecule has 1 aliphatic rings. The van der Waals surface area contributed by atoms with Crippen molar-refractivity contribution in [3.05, 3.63) is 95.5 Å². The van der Waals surface area contributed by atoms with E-state index in [-0.39, 0.29) is 18.2 Å². The Morgan fingerprint density at radius 3 is 2.34 bits per heavy atom. The van der Waals surface area contributed by atoms with E-state index in [0.29, 0.717) is 34.5 Å². The van der Waals surface area contributed by atoms with Crippen LogP contribution < -0.4 is 5.32 Å². The standard InChI is InChI=1S/C25H22ClN3O2S/c26-19-11-13-21(14-12-19)28-25-29(16-15-18-7-3-1-4-8-18)23(30)17-22(32-25)24(31)27-20-9-5-2-6-10-20/h1-14,22H,15-17H2,(H,27,31). The van der Waals surface area contributed by atoms with Gasteiger partial charge in [0.2, 0.25) is 11.8 Å². The first kappa shape index (κ1) is 22.1. The molecular weight excluding hydrogens is 442 g/mol. The second-order valence-electron chi connectivity index (χ2n) is 7.32. The van der Waals surface area contributed by atoms with E-state index in [4.69, 9.17) is 11.6 Å². The van der Waals surface area contributed by atoms with Gasteiger partial charge in [0.05, 0.1) is 5.69 Å². The molecule has 0 saturated carbocycles. The molecule has 1 heterocycles. The fourth-order valence-electron chi connectivity index (χ4n) is 3.32. The van der Waals surface area contributed by atoms with E-state index in [2.05, 4.69) is 10.3 Å². The number of halogens is 1. The van der Waals surface area contributed by atoms with Gasteiger partial charge in [-0.2, -0.15) is 0 Å². The maximum Gasteiger partial charge on any atom is 0.238 e. The summed E-state index contributed by atoms with van der Waals surface area (Å²) in [5.74, 6) is -0.318. The summed E-state index contributed by atoms with van der Waals surface area (Å²) in [7, 11) is 0.